The van der Waals surface area contributed by atoms with Crippen molar-refractivity contribution >= 4 is 17.5 Å². The number of nitrogens with zero attached hydrogens (tertiary/aromatic N) is 3. The van der Waals surface area contributed by atoms with E-state index in [1.165, 1.54) is 12.8 Å². The number of anilines is 2. The number of aromatic nitrogens is 2. The van der Waals surface area contributed by atoms with E-state index in [1.54, 1.807) is 49.7 Å². The molecule has 1 aliphatic carbocycles. The van der Waals surface area contributed by atoms with Gasteiger partial charge in [0.05, 0.1) is 24.5 Å². The maximum atomic E-state index is 12.1. The molecule has 2 N–H and O–H groups in total. The molecule has 2 aromatic carbocycles. The van der Waals surface area contributed by atoms with Crippen LogP contribution in [0.5, 0.6) is 5.75 Å². The summed E-state index contributed by atoms with van der Waals surface area (Å²) in [7, 11) is 1.59. The quantitative estimate of drug-likeness (QED) is 0.457. The number of nitrogens with one attached hydrogen (secondary N) is 2. The molecule has 1 aromatic heterocycles. The van der Waals surface area contributed by atoms with E-state index in [4.69, 9.17) is 9.47 Å². The third-order valence-corrected chi connectivity index (χ3v) is 5.22. The van der Waals surface area contributed by atoms with Crippen LogP contribution in [-0.2, 0) is 4.74 Å². The first-order chi connectivity index (χ1) is 16.2. The molecule has 0 saturated heterocycles. The molecule has 1 aliphatic rings. The number of hydrogen-bond donors (Lipinski definition) is 2. The summed E-state index contributed by atoms with van der Waals surface area (Å²) in [5.41, 5.74) is 3.29. The third kappa shape index (κ3) is 6.05. The zero-order valence-electron chi connectivity index (χ0n) is 18.4. The van der Waals surface area contributed by atoms with E-state index in [2.05, 4.69) is 26.7 Å². The Morgan fingerprint density at radius 3 is 2.73 bits per heavy atom. The van der Waals surface area contributed by atoms with E-state index in [-0.39, 0.29) is 5.91 Å². The van der Waals surface area contributed by atoms with Crippen LogP contribution >= 0.6 is 0 Å². The van der Waals surface area contributed by atoms with E-state index in [9.17, 15) is 10.1 Å². The highest BCUT2D eigenvalue weighted by Gasteiger charge is 2.22. The molecule has 1 heterocycles. The lowest BCUT2D eigenvalue weighted by molar-refractivity contribution is 0.0937. The summed E-state index contributed by atoms with van der Waals surface area (Å²) in [6.45, 7) is 1.57. The number of benzene rings is 2. The summed E-state index contributed by atoms with van der Waals surface area (Å²) < 4.78 is 10.7. The molecule has 33 heavy (non-hydrogen) atoms. The maximum Gasteiger partial charge on any atom is 0.251 e. The second kappa shape index (κ2) is 10.6. The molecule has 0 spiro atoms. The van der Waals surface area contributed by atoms with E-state index in [1.807, 2.05) is 12.1 Å². The van der Waals surface area contributed by atoms with Crippen molar-refractivity contribution in [1.82, 2.24) is 15.3 Å². The van der Waals surface area contributed by atoms with Gasteiger partial charge in [-0.3, -0.25) is 4.79 Å². The Labute approximate surface area is 192 Å². The minimum atomic E-state index is -0.158. The van der Waals surface area contributed by atoms with E-state index >= 15 is 0 Å². The minimum absolute atomic E-state index is 0.158. The molecule has 8 heteroatoms. The standard InChI is InChI=1S/C25H25N5O3/c1-32-13-12-27-24(31)18-4-7-21(8-5-18)29-25-28-11-10-22(30-25)19-6-9-23(20(14-19)15-26)33-16-17-2-3-17/h4-11,14,17H,2-3,12-13,16H2,1H3,(H,27,31)(H,28,29,30). The van der Waals surface area contributed by atoms with Gasteiger partial charge in [0.1, 0.15) is 11.8 Å². The highest BCUT2D eigenvalue weighted by Crippen LogP contribution is 2.31. The lowest BCUT2D eigenvalue weighted by Crippen LogP contribution is -2.26. The number of hydrogen-bond acceptors (Lipinski definition) is 7. The molecule has 3 aromatic rings. The fourth-order valence-corrected chi connectivity index (χ4v) is 3.18. The van der Waals surface area contributed by atoms with Crippen molar-refractivity contribution in [2.45, 2.75) is 12.8 Å². The van der Waals surface area contributed by atoms with E-state index in [0.717, 1.165) is 11.3 Å². The number of methoxy groups -OCH3 is 1. The fourth-order valence-electron chi connectivity index (χ4n) is 3.18. The zero-order valence-corrected chi connectivity index (χ0v) is 18.4. The maximum absolute atomic E-state index is 12.1. The molecule has 8 nitrogen and oxygen atoms in total. The molecular weight excluding hydrogens is 418 g/mol. The summed E-state index contributed by atoms with van der Waals surface area (Å²) in [6.07, 6.45) is 4.05. The Hall–Kier alpha value is -3.96. The highest BCUT2D eigenvalue weighted by molar-refractivity contribution is 5.94. The van der Waals surface area contributed by atoms with Gasteiger partial charge in [-0.05, 0) is 67.3 Å². The van der Waals surface area contributed by atoms with Crippen molar-refractivity contribution in [3.05, 3.63) is 65.9 Å². The Balaban J connectivity index is 1.43. The summed E-state index contributed by atoms with van der Waals surface area (Å²) in [5.74, 6) is 1.48. The second-order valence-electron chi connectivity index (χ2n) is 7.79. The number of ether oxygens (including phenoxy) is 2. The molecule has 1 saturated carbocycles. The molecule has 1 fully saturated rings. The summed E-state index contributed by atoms with van der Waals surface area (Å²) in [6, 6.07) is 16.5. The Bertz CT molecular complexity index is 1150. The van der Waals surface area contributed by atoms with Gasteiger partial charge in [0.15, 0.2) is 0 Å². The predicted molar refractivity (Wildman–Crippen MR) is 124 cm³/mol. The lowest BCUT2D eigenvalue weighted by atomic mass is 10.1. The predicted octanol–water partition coefficient (Wildman–Crippen LogP) is 3.92. The number of nitriles is 1. The summed E-state index contributed by atoms with van der Waals surface area (Å²) in [4.78, 5) is 20.9. The first kappa shape index (κ1) is 22.2. The Morgan fingerprint density at radius 1 is 1.18 bits per heavy atom. The van der Waals surface area contributed by atoms with Gasteiger partial charge in [-0.2, -0.15) is 5.26 Å². The minimum Gasteiger partial charge on any atom is -0.492 e. The van der Waals surface area contributed by atoms with Crippen LogP contribution in [0.4, 0.5) is 11.6 Å². The van der Waals surface area contributed by atoms with Crippen LogP contribution in [0.2, 0.25) is 0 Å². The molecule has 168 valence electrons. The van der Waals surface area contributed by atoms with Gasteiger partial charge in [0.2, 0.25) is 5.95 Å². The number of carbonyl (C=O) groups is 1. The van der Waals surface area contributed by atoms with Crippen molar-refractivity contribution in [2.75, 3.05) is 32.2 Å². The molecule has 1 amide bonds. The van der Waals surface area contributed by atoms with E-state index < -0.39 is 0 Å². The number of rotatable bonds is 10. The van der Waals surface area contributed by atoms with Gasteiger partial charge in [-0.1, -0.05) is 0 Å². The molecule has 0 aliphatic heterocycles. The smallest absolute Gasteiger partial charge is 0.251 e. The topological polar surface area (TPSA) is 109 Å². The van der Waals surface area contributed by atoms with Crippen molar-refractivity contribution in [3.8, 4) is 23.1 Å². The van der Waals surface area contributed by atoms with Crippen molar-refractivity contribution in [2.24, 2.45) is 5.92 Å². The normalized spacial score (nSPS) is 12.6. The zero-order chi connectivity index (χ0) is 23.0. The van der Waals surface area contributed by atoms with Crippen LogP contribution in [0.1, 0.15) is 28.8 Å². The van der Waals surface area contributed by atoms with Crippen molar-refractivity contribution in [3.63, 3.8) is 0 Å². The molecular formula is C25H25N5O3. The first-order valence-electron chi connectivity index (χ1n) is 10.8. The molecule has 0 radical (unpaired) electrons. The molecule has 0 atom stereocenters. The van der Waals surface area contributed by atoms with Crippen LogP contribution in [0.15, 0.2) is 54.7 Å². The largest absolute Gasteiger partial charge is 0.492 e. The molecule has 4 rings (SSSR count). The van der Waals surface area contributed by atoms with Gasteiger partial charge < -0.3 is 20.1 Å². The number of carbonyl (C=O) groups excluding carboxylic acids is 1. The van der Waals surface area contributed by atoms with Gasteiger partial charge in [-0.15, -0.1) is 0 Å². The number of amides is 1. The van der Waals surface area contributed by atoms with Crippen molar-refractivity contribution in [1.29, 1.82) is 5.26 Å². The lowest BCUT2D eigenvalue weighted by Gasteiger charge is -2.10. The van der Waals surface area contributed by atoms with Crippen LogP contribution in [0.3, 0.4) is 0 Å². The Kier molecular flexibility index (Phi) is 7.12. The van der Waals surface area contributed by atoms with Crippen molar-refractivity contribution < 1.29 is 14.3 Å². The van der Waals surface area contributed by atoms with Gasteiger partial charge in [0.25, 0.3) is 5.91 Å². The summed E-state index contributed by atoms with van der Waals surface area (Å²) >= 11 is 0. The summed E-state index contributed by atoms with van der Waals surface area (Å²) in [5, 5.41) is 15.5. The Morgan fingerprint density at radius 2 is 2.00 bits per heavy atom. The van der Waals surface area contributed by atoms with Crippen LogP contribution in [0.25, 0.3) is 11.3 Å². The first-order valence-corrected chi connectivity index (χ1v) is 10.8. The fraction of sp³-hybridized carbons (Fsp3) is 0.280. The second-order valence-corrected chi connectivity index (χ2v) is 7.79. The van der Waals surface area contributed by atoms with Gasteiger partial charge in [0, 0.05) is 36.7 Å². The average Bonchev–Trinajstić information content (AvgIpc) is 3.68. The SMILES string of the molecule is COCCNC(=O)c1ccc(Nc2nccc(-c3ccc(OCC4CC4)c(C#N)c3)n2)cc1. The van der Waals surface area contributed by atoms with Gasteiger partial charge in [-0.25, -0.2) is 9.97 Å². The third-order valence-electron chi connectivity index (χ3n) is 5.22. The monoisotopic (exact) mass is 443 g/mol. The average molecular weight is 444 g/mol. The van der Waals surface area contributed by atoms with E-state index in [0.29, 0.717) is 54.2 Å². The molecule has 0 bridgehead atoms. The molecule has 0 unspecified atom stereocenters. The van der Waals surface area contributed by atoms with Gasteiger partial charge >= 0.3 is 0 Å². The van der Waals surface area contributed by atoms with Crippen LogP contribution in [0, 0.1) is 17.2 Å². The van der Waals surface area contributed by atoms with Crippen LogP contribution in [-0.4, -0.2) is 42.7 Å². The highest BCUT2D eigenvalue weighted by atomic mass is 16.5. The van der Waals surface area contributed by atoms with Crippen LogP contribution < -0.4 is 15.4 Å².